The first kappa shape index (κ1) is 19.8. The van der Waals surface area contributed by atoms with Gasteiger partial charge in [0.15, 0.2) is 16.4 Å². The number of alkyl halides is 3. The van der Waals surface area contributed by atoms with Gasteiger partial charge in [-0.25, -0.2) is 4.79 Å². The van der Waals surface area contributed by atoms with Crippen molar-refractivity contribution in [2.75, 3.05) is 6.61 Å². The maximum atomic E-state index is 12.5. The molecule has 28 heavy (non-hydrogen) atoms. The van der Waals surface area contributed by atoms with E-state index < -0.39 is 17.7 Å². The van der Waals surface area contributed by atoms with E-state index in [9.17, 15) is 18.0 Å². The van der Waals surface area contributed by atoms with Gasteiger partial charge in [-0.1, -0.05) is 18.2 Å². The number of hydrogen-bond acceptors (Lipinski definition) is 3. The first-order valence-electron chi connectivity index (χ1n) is 8.28. The molecule has 144 valence electrons. The highest BCUT2D eigenvalue weighted by molar-refractivity contribution is 7.78. The van der Waals surface area contributed by atoms with E-state index in [1.54, 1.807) is 12.1 Å². The van der Waals surface area contributed by atoms with Crippen LogP contribution in [0.15, 0.2) is 88.7 Å². The van der Waals surface area contributed by atoms with Crippen molar-refractivity contribution in [3.8, 4) is 11.5 Å². The van der Waals surface area contributed by atoms with Gasteiger partial charge in [-0.15, -0.1) is 0 Å². The third-order valence-electron chi connectivity index (χ3n) is 3.62. The van der Waals surface area contributed by atoms with Crippen LogP contribution in [0.5, 0.6) is 11.5 Å². The molecule has 0 atom stereocenters. The summed E-state index contributed by atoms with van der Waals surface area (Å²) in [6, 6.07) is 21.2. The molecule has 0 aliphatic carbocycles. The van der Waals surface area contributed by atoms with Crippen molar-refractivity contribution in [2.24, 2.45) is 0 Å². The van der Waals surface area contributed by atoms with Gasteiger partial charge in [0, 0.05) is 11.8 Å². The second kappa shape index (κ2) is 8.84. The van der Waals surface area contributed by atoms with E-state index in [-0.39, 0.29) is 12.4 Å². The Morgan fingerprint density at radius 2 is 1.36 bits per heavy atom. The molecule has 3 nitrogen and oxygen atoms in total. The van der Waals surface area contributed by atoms with E-state index in [2.05, 4.69) is 0 Å². The largest absolute Gasteiger partial charge is 0.482 e. The van der Waals surface area contributed by atoms with Crippen LogP contribution in [0.25, 0.3) is 0 Å². The fourth-order valence-corrected chi connectivity index (χ4v) is 3.20. The monoisotopic (exact) mass is 405 g/mol. The highest BCUT2D eigenvalue weighted by atomic mass is 32.2. The Morgan fingerprint density at radius 3 is 1.96 bits per heavy atom. The van der Waals surface area contributed by atoms with Crippen molar-refractivity contribution in [3.63, 3.8) is 0 Å². The van der Waals surface area contributed by atoms with Crippen LogP contribution in [0.3, 0.4) is 0 Å². The summed E-state index contributed by atoms with van der Waals surface area (Å²) >= 11 is 1.06. The van der Waals surface area contributed by atoms with Crippen LogP contribution >= 0.6 is 0 Å². The second-order valence-electron chi connectivity index (χ2n) is 5.73. The van der Waals surface area contributed by atoms with Gasteiger partial charge in [0.25, 0.3) is 0 Å². The first-order chi connectivity index (χ1) is 13.4. The van der Waals surface area contributed by atoms with Gasteiger partial charge in [-0.2, -0.15) is 13.2 Å². The Bertz CT molecular complexity index is 908. The van der Waals surface area contributed by atoms with Crippen molar-refractivity contribution in [2.45, 2.75) is 16.0 Å². The van der Waals surface area contributed by atoms with Gasteiger partial charge in [0.2, 0.25) is 0 Å². The smallest absolute Gasteiger partial charge is 0.416 e. The third kappa shape index (κ3) is 5.79. The van der Waals surface area contributed by atoms with Crippen molar-refractivity contribution < 1.29 is 27.4 Å². The molecular weight excluding hydrogens is 389 g/mol. The molecule has 0 aliphatic rings. The molecule has 0 radical (unpaired) electrons. The summed E-state index contributed by atoms with van der Waals surface area (Å²) in [6.45, 7) is -0.350. The molecular formula is C21H16F3O3S+. The van der Waals surface area contributed by atoms with Gasteiger partial charge in [0.1, 0.15) is 11.5 Å². The molecule has 0 aliphatic heterocycles. The van der Waals surface area contributed by atoms with Gasteiger partial charge in [0.05, 0.1) is 5.56 Å². The number of hydrogen-bond donors (Lipinski definition) is 0. The van der Waals surface area contributed by atoms with Crippen LogP contribution in [0.4, 0.5) is 13.2 Å². The minimum Gasteiger partial charge on any atom is -0.482 e. The Hall–Kier alpha value is -2.93. The number of carbonyl (C=O) groups is 1. The molecule has 0 saturated carbocycles. The summed E-state index contributed by atoms with van der Waals surface area (Å²) in [5, 5.41) is 0. The maximum absolute atomic E-state index is 12.5. The molecule has 0 saturated heterocycles. The SMILES string of the molecule is O=C(COc1ccc([SH+]c2ccccc2)cc1)Oc1ccc(C(F)(F)F)cc1. The number of esters is 1. The molecule has 0 unspecified atom stereocenters. The number of ether oxygens (including phenoxy) is 2. The van der Waals surface area contributed by atoms with E-state index in [1.165, 1.54) is 0 Å². The highest BCUT2D eigenvalue weighted by Gasteiger charge is 2.30. The molecule has 0 fully saturated rings. The Balaban J connectivity index is 1.49. The lowest BCUT2D eigenvalue weighted by Crippen LogP contribution is -2.17. The van der Waals surface area contributed by atoms with Crippen LogP contribution in [-0.2, 0) is 22.7 Å². The summed E-state index contributed by atoms with van der Waals surface area (Å²) < 4.78 is 47.9. The van der Waals surface area contributed by atoms with E-state index in [0.29, 0.717) is 5.75 Å². The number of benzene rings is 3. The predicted molar refractivity (Wildman–Crippen MR) is 101 cm³/mol. The molecule has 3 aromatic carbocycles. The molecule has 0 bridgehead atoms. The average Bonchev–Trinajstić information content (AvgIpc) is 2.68. The number of halogens is 3. The normalized spacial score (nSPS) is 11.1. The Kier molecular flexibility index (Phi) is 6.26. The molecule has 3 aromatic rings. The predicted octanol–water partition coefficient (Wildman–Crippen LogP) is 4.92. The maximum Gasteiger partial charge on any atom is 0.416 e. The molecule has 0 N–H and O–H groups in total. The zero-order valence-corrected chi connectivity index (χ0v) is 15.4. The Morgan fingerprint density at radius 1 is 0.786 bits per heavy atom. The lowest BCUT2D eigenvalue weighted by Gasteiger charge is -2.09. The number of carbonyl (C=O) groups excluding carboxylic acids is 1. The van der Waals surface area contributed by atoms with Crippen molar-refractivity contribution in [1.29, 1.82) is 0 Å². The average molecular weight is 405 g/mol. The fourth-order valence-electron chi connectivity index (χ4n) is 2.28. The van der Waals surface area contributed by atoms with Crippen LogP contribution in [0.2, 0.25) is 0 Å². The van der Waals surface area contributed by atoms with Crippen LogP contribution in [0.1, 0.15) is 5.56 Å². The van der Waals surface area contributed by atoms with E-state index >= 15 is 0 Å². The summed E-state index contributed by atoms with van der Waals surface area (Å²) in [4.78, 5) is 14.0. The first-order valence-corrected chi connectivity index (χ1v) is 9.17. The summed E-state index contributed by atoms with van der Waals surface area (Å²) in [5.74, 6) is -0.179. The minimum atomic E-state index is -4.43. The molecule has 0 aromatic heterocycles. The second-order valence-corrected chi connectivity index (χ2v) is 6.98. The highest BCUT2D eigenvalue weighted by Crippen LogP contribution is 2.30. The molecule has 3 rings (SSSR count). The molecule has 0 amide bonds. The lowest BCUT2D eigenvalue weighted by molar-refractivity contribution is -0.137. The van der Waals surface area contributed by atoms with Crippen LogP contribution in [-0.4, -0.2) is 12.6 Å². The zero-order valence-electron chi connectivity index (χ0n) is 14.5. The van der Waals surface area contributed by atoms with Crippen LogP contribution < -0.4 is 9.47 Å². The lowest BCUT2D eigenvalue weighted by atomic mass is 10.2. The number of thiol groups is 1. The van der Waals surface area contributed by atoms with Gasteiger partial charge in [-0.05, 0) is 60.7 Å². The zero-order chi connectivity index (χ0) is 20.0. The molecule has 7 heteroatoms. The van der Waals surface area contributed by atoms with Crippen LogP contribution in [0, 0.1) is 0 Å². The van der Waals surface area contributed by atoms with Gasteiger partial charge < -0.3 is 9.47 Å². The standard InChI is InChI=1S/C21H15F3O3S/c22-21(23,24)15-6-8-17(9-7-15)27-20(25)14-26-16-10-12-19(13-11-16)28-18-4-2-1-3-5-18/h1-13H,14H2/p+1. The van der Waals surface area contributed by atoms with Crippen molar-refractivity contribution in [1.82, 2.24) is 0 Å². The van der Waals surface area contributed by atoms with Gasteiger partial charge in [-0.3, -0.25) is 0 Å². The quantitative estimate of drug-likeness (QED) is 0.253. The fraction of sp³-hybridized carbons (Fsp3) is 0.0952. The van der Waals surface area contributed by atoms with E-state index in [4.69, 9.17) is 9.47 Å². The summed E-state index contributed by atoms with van der Waals surface area (Å²) in [7, 11) is 0. The van der Waals surface area contributed by atoms with E-state index in [1.807, 2.05) is 42.5 Å². The summed E-state index contributed by atoms with van der Waals surface area (Å²) in [6.07, 6.45) is -4.43. The molecule has 0 heterocycles. The van der Waals surface area contributed by atoms with Crippen molar-refractivity contribution in [3.05, 3.63) is 84.4 Å². The topological polar surface area (TPSA) is 35.5 Å². The van der Waals surface area contributed by atoms with E-state index in [0.717, 1.165) is 45.8 Å². The third-order valence-corrected chi connectivity index (χ3v) is 4.73. The summed E-state index contributed by atoms with van der Waals surface area (Å²) in [5.41, 5.74) is -0.807. The Labute approximate surface area is 164 Å². The van der Waals surface area contributed by atoms with Crippen molar-refractivity contribution >= 4 is 17.7 Å². The van der Waals surface area contributed by atoms with Gasteiger partial charge >= 0.3 is 12.1 Å². The molecule has 0 spiro atoms. The minimum absolute atomic E-state index is 0.0265. The number of rotatable bonds is 6.